The van der Waals surface area contributed by atoms with Crippen LogP contribution >= 0.6 is 47.8 Å². The molecule has 6 N–H and O–H groups in total. The number of hydrogen-bond donors (Lipinski definition) is 6. The van der Waals surface area contributed by atoms with E-state index in [0.29, 0.717) is 65.9 Å². The Kier molecular flexibility index (Phi) is 36.8. The van der Waals surface area contributed by atoms with Crippen molar-refractivity contribution in [3.05, 3.63) is 256 Å². The number of carboxylic acid groups (broad SMARTS) is 3. The van der Waals surface area contributed by atoms with E-state index in [2.05, 4.69) is 112 Å². The Labute approximate surface area is 813 Å². The molecule has 0 bridgehead atoms. The van der Waals surface area contributed by atoms with E-state index in [0.717, 1.165) is 116 Å². The summed E-state index contributed by atoms with van der Waals surface area (Å²) in [5.74, 6) is 2.73. The van der Waals surface area contributed by atoms with Crippen LogP contribution in [0.25, 0.3) is 0 Å². The van der Waals surface area contributed by atoms with E-state index in [4.69, 9.17) is 91.4 Å². The van der Waals surface area contributed by atoms with E-state index in [9.17, 15) is 32.7 Å². The number of nitrogens with zero attached hydrogens (tertiary/aromatic N) is 8. The number of aromatic carboxylic acids is 2. The van der Waals surface area contributed by atoms with Gasteiger partial charge in [-0.15, -0.1) is 10.2 Å². The molecule has 8 fully saturated rings. The van der Waals surface area contributed by atoms with Crippen molar-refractivity contribution in [1.82, 2.24) is 45.4 Å². The minimum Gasteiger partial charge on any atom is -0.508 e. The molecule has 7 saturated carbocycles. The van der Waals surface area contributed by atoms with Crippen molar-refractivity contribution in [2.75, 3.05) is 20.8 Å². The molecule has 39 heteroatoms. The Morgan fingerprint density at radius 2 is 0.788 bits per heavy atom. The van der Waals surface area contributed by atoms with Crippen LogP contribution in [0.3, 0.4) is 0 Å². The van der Waals surface area contributed by atoms with E-state index in [1.54, 1.807) is 106 Å². The van der Waals surface area contributed by atoms with E-state index in [1.807, 2.05) is 133 Å². The molecule has 4 heterocycles. The maximum absolute atomic E-state index is 12.4. The number of aliphatic carboxylic acids is 1. The number of carbonyl (C=O) groups is 4. The Bertz CT molecular complexity index is 5840. The number of carbonyl (C=O) groups excluding carboxylic acids is 1. The number of ether oxygens (including phenoxy) is 12. The third-order valence-electron chi connectivity index (χ3n) is 20.3. The van der Waals surface area contributed by atoms with Gasteiger partial charge in [0.1, 0.15) is 74.7 Å². The Balaban J connectivity index is 0.000000145. The number of phenolic OH excluding ortho intramolecular Hbond substituents is 2. The fraction of sp³-hybridized carbons (Fsp3) is 0.347. The average Bonchev–Trinajstić information content (AvgIpc) is 1.63. The highest BCUT2D eigenvalue weighted by atomic mass is 79.9. The molecule has 0 atom stereocenters. The van der Waals surface area contributed by atoms with Crippen LogP contribution in [0.1, 0.15) is 167 Å². The molecular formula is C98H104BBr3F3N9O23. The van der Waals surface area contributed by atoms with Crippen LogP contribution in [-0.2, 0) is 31.9 Å². The molecule has 7 aliphatic carbocycles. The van der Waals surface area contributed by atoms with Crippen molar-refractivity contribution >= 4 is 84.2 Å². The Hall–Kier alpha value is -13.1. The highest BCUT2D eigenvalue weighted by Crippen LogP contribution is 2.40. The first-order valence-corrected chi connectivity index (χ1v) is 46.6. The molecule has 20 rings (SSSR count). The van der Waals surface area contributed by atoms with Gasteiger partial charge in [-0.3, -0.25) is 0 Å². The smallest absolute Gasteiger partial charge is 0.494 e. The van der Waals surface area contributed by atoms with Crippen LogP contribution in [-0.4, -0.2) is 182 Å². The van der Waals surface area contributed by atoms with Gasteiger partial charge in [0.15, 0.2) is 0 Å². The number of benzene rings is 9. The number of H-pyrrole nitrogens is 1. The van der Waals surface area contributed by atoms with Crippen molar-refractivity contribution in [2.24, 2.45) is 0 Å². The third kappa shape index (κ3) is 35.2. The van der Waals surface area contributed by atoms with Crippen LogP contribution in [0.5, 0.6) is 92.4 Å². The third-order valence-corrected chi connectivity index (χ3v) is 22.2. The number of aromatic amines is 1. The summed E-state index contributed by atoms with van der Waals surface area (Å²) in [6.45, 7) is 10.9. The molecule has 0 spiro atoms. The number of alkyl halides is 4. The summed E-state index contributed by atoms with van der Waals surface area (Å²) in [5.41, 5.74) is 1.87. The molecular weight excluding hydrogens is 1980 g/mol. The molecule has 1 aliphatic heterocycles. The zero-order valence-electron chi connectivity index (χ0n) is 75.9. The van der Waals surface area contributed by atoms with Gasteiger partial charge >= 0.3 is 37.2 Å². The normalized spacial score (nSPS) is 15.4. The van der Waals surface area contributed by atoms with Gasteiger partial charge in [-0.1, -0.05) is 141 Å². The van der Waals surface area contributed by atoms with E-state index in [1.165, 1.54) is 47.9 Å². The maximum Gasteiger partial charge on any atom is 0.494 e. The molecule has 3 aromatic heterocycles. The summed E-state index contributed by atoms with van der Waals surface area (Å²) in [6, 6.07) is 66.2. The molecule has 32 nitrogen and oxygen atoms in total. The summed E-state index contributed by atoms with van der Waals surface area (Å²) in [4.78, 5) is 44.6. The maximum atomic E-state index is 12.4. The fourth-order valence-corrected chi connectivity index (χ4v) is 12.5. The molecule has 1 saturated heterocycles. The van der Waals surface area contributed by atoms with Gasteiger partial charge in [-0.2, -0.15) is 13.2 Å². The summed E-state index contributed by atoms with van der Waals surface area (Å²) in [6.07, 6.45) is 13.3. The lowest BCUT2D eigenvalue weighted by Crippen LogP contribution is -2.41. The molecule has 137 heavy (non-hydrogen) atoms. The predicted molar refractivity (Wildman–Crippen MR) is 508 cm³/mol. The number of aromatic nitrogens is 9. The first-order valence-electron chi connectivity index (χ1n) is 44.1. The van der Waals surface area contributed by atoms with Crippen LogP contribution in [0.15, 0.2) is 227 Å². The second-order valence-electron chi connectivity index (χ2n) is 33.0. The van der Waals surface area contributed by atoms with Crippen molar-refractivity contribution < 1.29 is 124 Å². The van der Waals surface area contributed by atoms with Gasteiger partial charge in [0, 0.05) is 38.0 Å². The van der Waals surface area contributed by atoms with Gasteiger partial charge in [0.05, 0.1) is 81.7 Å². The number of halogens is 6. The molecule has 0 unspecified atom stereocenters. The molecule has 8 aliphatic rings. The lowest BCUT2D eigenvalue weighted by Gasteiger charge is -2.32. The molecule has 9 aromatic carbocycles. The summed E-state index contributed by atoms with van der Waals surface area (Å²) < 4.78 is 116. The van der Waals surface area contributed by atoms with Gasteiger partial charge in [-0.25, -0.2) is 33.6 Å². The standard InChI is InChI=1S/C22H23N3O5.C20H19N3O5.C15H21BO3.C12H11N3O4.C9H9BrO.C9H10O2.C6H5BrO.C3H5Br.C2HF3O2/c1-3-28-22(26)20-21(30-19-6-4-5-18(13-19)29-17-11-12-17)25(24-23-20)14-15-7-9-16(27-2)10-8-15;1-26-14-7-5-13(6-8-14)12-23-19(18(20(24)25)21-22-23)28-17-4-2-3-16(11-17)27-15-9-10-15;1-14(2)15(3,4)19-16(18-14)11-6-5-7-13(10-11)17-12-8-9-12;16-12(17)10-11(14-15-13-10)19-9-3-1-2-8(6-9)18-7-4-5-7;2*10-7-2-1-3-9(6-7)11-8-4-5-8;7-5-2-1-3-6(8)4-5;4-3-1-2-3;3-2(4,5)1(6)7/h4-10,13,17H,3,11-12,14H2,1-2H3;2-8,11,15H,9-10,12H2,1H3,(H,24,25);5-7,10,12H,8-9H2,1-4H3;1-3,6-7H,4-5H2,(H,16,17)(H,13,14,15);1-3,6,8H,4-5H2;1-3,6,8,10H,4-5H2;1-4,8H;3H,1-2H2;(H,6,7). The van der Waals surface area contributed by atoms with Crippen LogP contribution in [0.4, 0.5) is 13.2 Å². The monoisotopic (exact) mass is 2080 g/mol. The lowest BCUT2D eigenvalue weighted by atomic mass is 9.79. The molecule has 724 valence electrons. The number of nitrogens with one attached hydrogen (secondary N) is 1. The average molecular weight is 2080 g/mol. The number of aromatic hydroxyl groups is 2. The zero-order valence-corrected chi connectivity index (χ0v) is 80.6. The molecule has 0 amide bonds. The van der Waals surface area contributed by atoms with Gasteiger partial charge in [-0.05, 0) is 262 Å². The summed E-state index contributed by atoms with van der Waals surface area (Å²) in [7, 11) is 2.90. The number of phenols is 2. The highest BCUT2D eigenvalue weighted by Gasteiger charge is 2.52. The number of hydrogen-bond acceptors (Lipinski definition) is 26. The topological polar surface area (TPSA) is 402 Å². The first-order chi connectivity index (χ1) is 65.7. The van der Waals surface area contributed by atoms with Crippen molar-refractivity contribution in [3.8, 4) is 92.4 Å². The fourth-order valence-electron chi connectivity index (χ4n) is 11.5. The number of carboxylic acids is 3. The molecule has 12 aromatic rings. The minimum atomic E-state index is -5.08. The first kappa shape index (κ1) is 103. The predicted octanol–water partition coefficient (Wildman–Crippen LogP) is 20.8. The number of esters is 1. The van der Waals surface area contributed by atoms with Crippen molar-refractivity contribution in [1.29, 1.82) is 0 Å². The lowest BCUT2D eigenvalue weighted by molar-refractivity contribution is -0.192. The quantitative estimate of drug-likeness (QED) is 0.0144. The van der Waals surface area contributed by atoms with Gasteiger partial charge < -0.3 is 91.7 Å². The number of methoxy groups -OCH3 is 2. The number of rotatable bonds is 29. The van der Waals surface area contributed by atoms with Crippen LogP contribution < -0.4 is 57.6 Å². The molecule has 0 radical (unpaired) electrons. The van der Waals surface area contributed by atoms with Crippen LogP contribution in [0, 0.1) is 0 Å². The van der Waals surface area contributed by atoms with Gasteiger partial charge in [0.2, 0.25) is 17.1 Å². The summed E-state index contributed by atoms with van der Waals surface area (Å²) >= 11 is 9.98. The van der Waals surface area contributed by atoms with E-state index in [-0.39, 0.29) is 83.7 Å². The van der Waals surface area contributed by atoms with E-state index < -0.39 is 30.1 Å². The highest BCUT2D eigenvalue weighted by molar-refractivity contribution is 9.10. The zero-order chi connectivity index (χ0) is 97.8. The Morgan fingerprint density at radius 3 is 1.14 bits per heavy atom. The van der Waals surface area contributed by atoms with Crippen molar-refractivity contribution in [2.45, 2.75) is 196 Å². The second kappa shape index (κ2) is 49.1. The van der Waals surface area contributed by atoms with Gasteiger partial charge in [0.25, 0.3) is 17.6 Å². The van der Waals surface area contributed by atoms with E-state index >= 15 is 0 Å². The van der Waals surface area contributed by atoms with Crippen LogP contribution in [0.2, 0.25) is 0 Å². The largest absolute Gasteiger partial charge is 0.508 e. The van der Waals surface area contributed by atoms with Crippen molar-refractivity contribution in [3.63, 3.8) is 0 Å². The summed E-state index contributed by atoms with van der Waals surface area (Å²) in [5, 5.41) is 68.4. The minimum absolute atomic E-state index is 0.0267. The Morgan fingerprint density at radius 1 is 0.445 bits per heavy atom. The second-order valence-corrected chi connectivity index (χ2v) is 36.2. The SMILES string of the molecule is BrC1CC1.Brc1cccc(OC2CC2)c1.CC1(C)OB(c2cccc(OC3CC3)c2)OC1(C)C.CCOC(=O)c1nnn(Cc2ccc(OC)cc2)c1Oc1cccc(OC2CC2)c1.COc1ccc(Cn2nnc(C(=O)O)c2Oc2cccc(OC3CC3)c2)cc1.O=C(O)C(F)(F)F.O=C(O)c1[nH]nnc1Oc1cccc(OC2CC2)c1.Oc1cccc(Br)c1.Oc1cccc(OC2CC2)c1.